The summed E-state index contributed by atoms with van der Waals surface area (Å²) in [4.78, 5) is 21.9. The van der Waals surface area contributed by atoms with Crippen molar-refractivity contribution in [2.75, 3.05) is 13.1 Å². The van der Waals surface area contributed by atoms with E-state index in [0.29, 0.717) is 17.4 Å². The van der Waals surface area contributed by atoms with Gasteiger partial charge in [0.15, 0.2) is 0 Å². The van der Waals surface area contributed by atoms with Crippen LogP contribution in [0.4, 0.5) is 0 Å². The van der Waals surface area contributed by atoms with Crippen LogP contribution in [0, 0.1) is 11.8 Å². The Morgan fingerprint density at radius 2 is 2.05 bits per heavy atom. The lowest BCUT2D eigenvalue weighted by molar-refractivity contribution is 0.0765. The van der Waals surface area contributed by atoms with Crippen LogP contribution in [0.2, 0.25) is 0 Å². The van der Waals surface area contributed by atoms with Crippen LogP contribution in [-0.2, 0) is 0 Å². The van der Waals surface area contributed by atoms with Gasteiger partial charge in [0.1, 0.15) is 5.82 Å². The first-order valence-corrected chi connectivity index (χ1v) is 7.78. The van der Waals surface area contributed by atoms with E-state index in [1.54, 1.807) is 12.4 Å². The zero-order valence-electron chi connectivity index (χ0n) is 12.3. The Labute approximate surface area is 129 Å². The zero-order chi connectivity index (χ0) is 15.1. The number of carbonyl (C=O) groups is 1. The number of hydrogen-bond acceptors (Lipinski definition) is 3. The van der Waals surface area contributed by atoms with Crippen LogP contribution in [-0.4, -0.2) is 45.1 Å². The number of hydrogen-bond donors (Lipinski definition) is 2. The topological polar surface area (TPSA) is 69.2 Å². The molecule has 114 valence electrons. The number of nitrogens with one attached hydrogen (secondary N) is 1. The number of likely N-dealkylation sites (tertiary alicyclic amines) is 1. The Bertz CT molecular complexity index is 669. The highest BCUT2D eigenvalue weighted by molar-refractivity contribution is 5.95. The summed E-state index contributed by atoms with van der Waals surface area (Å²) in [7, 11) is 0. The molecule has 4 rings (SSSR count). The monoisotopic (exact) mass is 297 g/mol. The second-order valence-corrected chi connectivity index (χ2v) is 6.37. The Morgan fingerprint density at radius 1 is 1.27 bits per heavy atom. The standard InChI is InChI=1S/C17H19N3O2/c21-15-7-13-9-20(10-14(13)8-15)17(22)12-3-1-2-11(6-12)16-18-4-5-19-16/h1-6,13-15,21H,7-10H2,(H,18,19)/t13-,14+,15?. The number of nitrogens with zero attached hydrogens (tertiary/aromatic N) is 2. The lowest BCUT2D eigenvalue weighted by Crippen LogP contribution is -2.30. The van der Waals surface area contributed by atoms with Crippen molar-refractivity contribution in [2.24, 2.45) is 11.8 Å². The number of aliphatic hydroxyl groups excluding tert-OH is 1. The van der Waals surface area contributed by atoms with E-state index >= 15 is 0 Å². The molecule has 1 aliphatic carbocycles. The molecule has 22 heavy (non-hydrogen) atoms. The Hall–Kier alpha value is -2.14. The molecule has 1 saturated heterocycles. The van der Waals surface area contributed by atoms with Crippen molar-refractivity contribution in [3.8, 4) is 11.4 Å². The van der Waals surface area contributed by atoms with Crippen molar-refractivity contribution in [2.45, 2.75) is 18.9 Å². The average Bonchev–Trinajstić information content (AvgIpc) is 3.22. The fourth-order valence-electron chi connectivity index (χ4n) is 3.84. The number of aromatic nitrogens is 2. The molecule has 0 spiro atoms. The molecule has 2 fully saturated rings. The summed E-state index contributed by atoms with van der Waals surface area (Å²) >= 11 is 0. The first kappa shape index (κ1) is 13.5. The summed E-state index contributed by atoms with van der Waals surface area (Å²) in [6.07, 6.45) is 4.98. The fourth-order valence-corrected chi connectivity index (χ4v) is 3.84. The summed E-state index contributed by atoms with van der Waals surface area (Å²) in [5.41, 5.74) is 1.63. The van der Waals surface area contributed by atoms with E-state index in [2.05, 4.69) is 9.97 Å². The minimum atomic E-state index is -0.172. The van der Waals surface area contributed by atoms with Gasteiger partial charge >= 0.3 is 0 Å². The molecule has 5 nitrogen and oxygen atoms in total. The smallest absolute Gasteiger partial charge is 0.253 e. The lowest BCUT2D eigenvalue weighted by atomic mass is 10.0. The van der Waals surface area contributed by atoms with E-state index in [1.165, 1.54) is 0 Å². The van der Waals surface area contributed by atoms with E-state index in [4.69, 9.17) is 0 Å². The molecular formula is C17H19N3O2. The summed E-state index contributed by atoms with van der Waals surface area (Å²) in [5.74, 6) is 1.78. The predicted molar refractivity (Wildman–Crippen MR) is 82.1 cm³/mol. The van der Waals surface area contributed by atoms with Crippen molar-refractivity contribution < 1.29 is 9.90 Å². The highest BCUT2D eigenvalue weighted by Crippen LogP contribution is 2.38. The van der Waals surface area contributed by atoms with Crippen molar-refractivity contribution >= 4 is 5.91 Å². The largest absolute Gasteiger partial charge is 0.393 e. The third kappa shape index (κ3) is 2.31. The van der Waals surface area contributed by atoms with Crippen LogP contribution in [0.25, 0.3) is 11.4 Å². The molecule has 1 aromatic carbocycles. The molecule has 1 aliphatic heterocycles. The first-order chi connectivity index (χ1) is 10.7. The highest BCUT2D eigenvalue weighted by atomic mass is 16.3. The van der Waals surface area contributed by atoms with Gasteiger partial charge in [-0.15, -0.1) is 0 Å². The normalized spacial score (nSPS) is 27.1. The molecule has 2 heterocycles. The van der Waals surface area contributed by atoms with Gasteiger partial charge in [-0.05, 0) is 36.8 Å². The second kappa shape index (κ2) is 5.25. The molecule has 5 heteroatoms. The van der Waals surface area contributed by atoms with E-state index in [1.807, 2.05) is 29.2 Å². The number of aliphatic hydroxyl groups is 1. The van der Waals surface area contributed by atoms with Gasteiger partial charge in [-0.3, -0.25) is 4.79 Å². The molecule has 1 amide bonds. The third-order valence-corrected chi connectivity index (χ3v) is 4.89. The maximum atomic E-state index is 12.7. The number of rotatable bonds is 2. The number of fused-ring (bicyclic) bond motifs is 1. The number of H-pyrrole nitrogens is 1. The molecule has 2 aromatic rings. The van der Waals surface area contributed by atoms with E-state index in [9.17, 15) is 9.90 Å². The minimum Gasteiger partial charge on any atom is -0.393 e. The van der Waals surface area contributed by atoms with Gasteiger partial charge in [-0.1, -0.05) is 12.1 Å². The summed E-state index contributed by atoms with van der Waals surface area (Å²) in [5, 5.41) is 9.71. The summed E-state index contributed by atoms with van der Waals surface area (Å²) in [6.45, 7) is 1.54. The van der Waals surface area contributed by atoms with Crippen molar-refractivity contribution in [1.82, 2.24) is 14.9 Å². The van der Waals surface area contributed by atoms with Gasteiger partial charge in [0.25, 0.3) is 5.91 Å². The third-order valence-electron chi connectivity index (χ3n) is 4.89. The SMILES string of the molecule is O=C(c1cccc(-c2ncc[nH]2)c1)N1C[C@H]2CC(O)C[C@H]2C1. The van der Waals surface area contributed by atoms with E-state index in [0.717, 1.165) is 37.3 Å². The molecule has 1 unspecified atom stereocenters. The van der Waals surface area contributed by atoms with Crippen molar-refractivity contribution in [3.63, 3.8) is 0 Å². The number of benzene rings is 1. The van der Waals surface area contributed by atoms with Crippen LogP contribution >= 0.6 is 0 Å². The highest BCUT2D eigenvalue weighted by Gasteiger charge is 2.41. The Morgan fingerprint density at radius 3 is 2.73 bits per heavy atom. The van der Waals surface area contributed by atoms with Gasteiger partial charge < -0.3 is 15.0 Å². The quantitative estimate of drug-likeness (QED) is 0.890. The van der Waals surface area contributed by atoms with Gasteiger partial charge in [0.2, 0.25) is 0 Å². The van der Waals surface area contributed by atoms with Gasteiger partial charge in [-0.25, -0.2) is 4.98 Å². The van der Waals surface area contributed by atoms with Crippen LogP contribution < -0.4 is 0 Å². The summed E-state index contributed by atoms with van der Waals surface area (Å²) in [6, 6.07) is 7.60. The number of carbonyl (C=O) groups excluding carboxylic acids is 1. The molecule has 2 aliphatic rings. The number of amides is 1. The van der Waals surface area contributed by atoms with Gasteiger partial charge in [-0.2, -0.15) is 0 Å². The van der Waals surface area contributed by atoms with Gasteiger partial charge in [0.05, 0.1) is 6.10 Å². The molecular weight excluding hydrogens is 278 g/mol. The number of aromatic amines is 1. The first-order valence-electron chi connectivity index (χ1n) is 7.78. The van der Waals surface area contributed by atoms with E-state index in [-0.39, 0.29) is 12.0 Å². The zero-order valence-corrected chi connectivity index (χ0v) is 12.3. The van der Waals surface area contributed by atoms with Crippen molar-refractivity contribution in [3.05, 3.63) is 42.2 Å². The predicted octanol–water partition coefficient (Wildman–Crippen LogP) is 1.92. The molecule has 1 saturated carbocycles. The number of imidazole rings is 1. The summed E-state index contributed by atoms with van der Waals surface area (Å²) < 4.78 is 0. The molecule has 1 aromatic heterocycles. The van der Waals surface area contributed by atoms with Crippen LogP contribution in [0.5, 0.6) is 0 Å². The average molecular weight is 297 g/mol. The van der Waals surface area contributed by atoms with Crippen LogP contribution in [0.1, 0.15) is 23.2 Å². The second-order valence-electron chi connectivity index (χ2n) is 6.37. The molecule has 2 N–H and O–H groups in total. The van der Waals surface area contributed by atoms with E-state index < -0.39 is 0 Å². The maximum Gasteiger partial charge on any atom is 0.253 e. The molecule has 3 atom stereocenters. The maximum absolute atomic E-state index is 12.7. The Kier molecular flexibility index (Phi) is 3.22. The minimum absolute atomic E-state index is 0.0808. The lowest BCUT2D eigenvalue weighted by Gasteiger charge is -2.18. The van der Waals surface area contributed by atoms with Crippen molar-refractivity contribution in [1.29, 1.82) is 0 Å². The molecule has 0 bridgehead atoms. The van der Waals surface area contributed by atoms with Crippen LogP contribution in [0.3, 0.4) is 0 Å². The van der Waals surface area contributed by atoms with Crippen LogP contribution in [0.15, 0.2) is 36.7 Å². The van der Waals surface area contributed by atoms with Gasteiger partial charge in [0, 0.05) is 36.6 Å². The molecule has 0 radical (unpaired) electrons. The Balaban J connectivity index is 1.53. The fraction of sp³-hybridized carbons (Fsp3) is 0.412.